The highest BCUT2D eigenvalue weighted by Crippen LogP contribution is 2.37. The van der Waals surface area contributed by atoms with Gasteiger partial charge in [0.15, 0.2) is 0 Å². The van der Waals surface area contributed by atoms with Crippen LogP contribution in [0.5, 0.6) is 5.88 Å². The van der Waals surface area contributed by atoms with Gasteiger partial charge in [-0.15, -0.1) is 0 Å². The second kappa shape index (κ2) is 12.4. The molecule has 41 heavy (non-hydrogen) atoms. The molecule has 0 spiro atoms. The van der Waals surface area contributed by atoms with Crippen molar-refractivity contribution in [1.29, 1.82) is 5.26 Å². The van der Waals surface area contributed by atoms with E-state index in [1.807, 2.05) is 20.8 Å². The number of rotatable bonds is 6. The fraction of sp³-hybridized carbons (Fsp3) is 0.656. The predicted octanol–water partition coefficient (Wildman–Crippen LogP) is 4.36. The highest BCUT2D eigenvalue weighted by molar-refractivity contribution is 5.69. The molecule has 1 amide bonds. The van der Waals surface area contributed by atoms with E-state index in [2.05, 4.69) is 59.0 Å². The Morgan fingerprint density at radius 2 is 2.00 bits per heavy atom. The van der Waals surface area contributed by atoms with Crippen molar-refractivity contribution < 1.29 is 14.3 Å². The van der Waals surface area contributed by atoms with Gasteiger partial charge < -0.3 is 24.2 Å². The van der Waals surface area contributed by atoms with E-state index in [1.54, 1.807) is 4.90 Å². The number of carbonyl (C=O) groups is 1. The quantitative estimate of drug-likeness (QED) is 0.506. The van der Waals surface area contributed by atoms with Crippen molar-refractivity contribution in [2.75, 3.05) is 57.8 Å². The maximum Gasteiger partial charge on any atom is 0.410 e. The summed E-state index contributed by atoms with van der Waals surface area (Å²) in [5, 5.41) is 10.4. The molecule has 4 aliphatic rings. The molecule has 0 N–H and O–H groups in total. The maximum atomic E-state index is 12.8. The van der Waals surface area contributed by atoms with Crippen molar-refractivity contribution in [2.45, 2.75) is 77.6 Å². The number of allylic oxidation sites excluding steroid dienone is 3. The second-order valence-corrected chi connectivity index (χ2v) is 13.0. The number of piperazine rings is 1. The Balaban J connectivity index is 1.42. The Kier molecular flexibility index (Phi) is 8.91. The first-order chi connectivity index (χ1) is 19.6. The summed E-state index contributed by atoms with van der Waals surface area (Å²) in [6, 6.07) is 2.86. The molecule has 1 aromatic heterocycles. The standard InChI is InChI=1S/C32H46N6O3/c1-23-19-37(31(39)41-32(2,3)4)16-17-38(23)29-26-13-15-36(20-24-10-7-6-8-11-24)21-28(26)27(18-33)30(34-29)40-22-25-12-9-14-35(25)5/h6-8,10,23-25H,9,11-17,19-22H2,1-5H3/t23-,24?,25-/m0/s1. The van der Waals surface area contributed by atoms with Gasteiger partial charge in [-0.1, -0.05) is 24.3 Å². The number of carbonyl (C=O) groups excluding carboxylic acids is 1. The monoisotopic (exact) mass is 562 g/mol. The molecule has 2 fully saturated rings. The number of nitriles is 1. The lowest BCUT2D eigenvalue weighted by atomic mass is 9.93. The number of hydrogen-bond donors (Lipinski definition) is 0. The number of ether oxygens (including phenoxy) is 2. The number of nitrogens with zero attached hydrogens (tertiary/aromatic N) is 6. The van der Waals surface area contributed by atoms with Crippen LogP contribution in [-0.2, 0) is 17.7 Å². The average Bonchev–Trinajstić information content (AvgIpc) is 3.35. The molecule has 222 valence electrons. The van der Waals surface area contributed by atoms with Crippen LogP contribution in [0.4, 0.5) is 10.6 Å². The molecule has 0 radical (unpaired) electrons. The first kappa shape index (κ1) is 29.4. The number of aromatic nitrogens is 1. The topological polar surface area (TPSA) is 85.2 Å². The minimum absolute atomic E-state index is 0.0480. The summed E-state index contributed by atoms with van der Waals surface area (Å²) in [6.07, 6.45) is 12.6. The molecule has 4 heterocycles. The van der Waals surface area contributed by atoms with Crippen molar-refractivity contribution in [2.24, 2.45) is 5.92 Å². The lowest BCUT2D eigenvalue weighted by Crippen LogP contribution is -2.55. The summed E-state index contributed by atoms with van der Waals surface area (Å²) in [6.45, 7) is 13.8. The Morgan fingerprint density at radius 3 is 2.66 bits per heavy atom. The summed E-state index contributed by atoms with van der Waals surface area (Å²) in [5.74, 6) is 1.85. The molecule has 1 unspecified atom stereocenters. The highest BCUT2D eigenvalue weighted by atomic mass is 16.6. The Morgan fingerprint density at radius 1 is 1.17 bits per heavy atom. The number of hydrogen-bond acceptors (Lipinski definition) is 8. The molecule has 2 saturated heterocycles. The summed E-state index contributed by atoms with van der Waals surface area (Å²) >= 11 is 0. The van der Waals surface area contributed by atoms with Crippen molar-refractivity contribution in [3.63, 3.8) is 0 Å². The number of likely N-dealkylation sites (tertiary alicyclic amines) is 1. The minimum atomic E-state index is -0.527. The van der Waals surface area contributed by atoms with E-state index in [-0.39, 0.29) is 12.1 Å². The Labute approximate surface area is 245 Å². The zero-order valence-corrected chi connectivity index (χ0v) is 25.4. The van der Waals surface area contributed by atoms with Gasteiger partial charge in [0, 0.05) is 56.9 Å². The Hall–Kier alpha value is -3.09. The van der Waals surface area contributed by atoms with E-state index in [9.17, 15) is 10.1 Å². The molecule has 0 saturated carbocycles. The molecule has 5 rings (SSSR count). The first-order valence-corrected chi connectivity index (χ1v) is 15.2. The van der Waals surface area contributed by atoms with Crippen LogP contribution in [0.2, 0.25) is 0 Å². The number of likely N-dealkylation sites (N-methyl/N-ethyl adjacent to an activating group) is 1. The van der Waals surface area contributed by atoms with Crippen molar-refractivity contribution in [3.8, 4) is 11.9 Å². The third-order valence-corrected chi connectivity index (χ3v) is 8.73. The van der Waals surface area contributed by atoms with Gasteiger partial charge in [0.05, 0.1) is 0 Å². The van der Waals surface area contributed by atoms with Crippen LogP contribution in [0.25, 0.3) is 0 Å². The minimum Gasteiger partial charge on any atom is -0.475 e. The van der Waals surface area contributed by atoms with Gasteiger partial charge in [0.1, 0.15) is 29.7 Å². The van der Waals surface area contributed by atoms with E-state index in [0.717, 1.165) is 62.3 Å². The average molecular weight is 563 g/mol. The maximum absolute atomic E-state index is 12.8. The van der Waals surface area contributed by atoms with Crippen molar-refractivity contribution in [3.05, 3.63) is 41.0 Å². The predicted molar refractivity (Wildman–Crippen MR) is 160 cm³/mol. The molecular formula is C32H46N6O3. The smallest absolute Gasteiger partial charge is 0.410 e. The highest BCUT2D eigenvalue weighted by Gasteiger charge is 2.35. The number of pyridine rings is 1. The number of anilines is 1. The third-order valence-electron chi connectivity index (χ3n) is 8.73. The molecule has 1 aromatic rings. The fourth-order valence-electron chi connectivity index (χ4n) is 6.49. The van der Waals surface area contributed by atoms with Crippen molar-refractivity contribution in [1.82, 2.24) is 19.7 Å². The molecule has 3 atom stereocenters. The molecule has 0 bridgehead atoms. The van der Waals surface area contributed by atoms with Gasteiger partial charge in [-0.25, -0.2) is 4.79 Å². The SMILES string of the molecule is C[C@H]1CN(C(=O)OC(C)(C)C)CCN1c1nc(OC[C@@H]2CCCN2C)c(C#N)c2c1CCN(CC1C=CC=CC1)C2. The molecule has 3 aliphatic heterocycles. The van der Waals surface area contributed by atoms with E-state index in [4.69, 9.17) is 14.5 Å². The first-order valence-electron chi connectivity index (χ1n) is 15.2. The number of amides is 1. The number of fused-ring (bicyclic) bond motifs is 1. The summed E-state index contributed by atoms with van der Waals surface area (Å²) in [5.41, 5.74) is 2.25. The molecule has 1 aliphatic carbocycles. The zero-order valence-electron chi connectivity index (χ0n) is 25.4. The third kappa shape index (κ3) is 6.87. The van der Waals surface area contributed by atoms with Crippen LogP contribution in [0, 0.1) is 17.2 Å². The molecule has 0 aromatic carbocycles. The van der Waals surface area contributed by atoms with Crippen LogP contribution in [0.15, 0.2) is 24.3 Å². The van der Waals surface area contributed by atoms with E-state index in [0.29, 0.717) is 56.2 Å². The summed E-state index contributed by atoms with van der Waals surface area (Å²) in [7, 11) is 2.14. The lowest BCUT2D eigenvalue weighted by Gasteiger charge is -2.42. The molecule has 9 nitrogen and oxygen atoms in total. The van der Waals surface area contributed by atoms with E-state index < -0.39 is 5.60 Å². The van der Waals surface area contributed by atoms with Crippen LogP contribution in [0.1, 0.15) is 63.6 Å². The van der Waals surface area contributed by atoms with Crippen LogP contribution in [-0.4, -0.2) is 96.4 Å². The van der Waals surface area contributed by atoms with Crippen LogP contribution >= 0.6 is 0 Å². The van der Waals surface area contributed by atoms with Gasteiger partial charge in [-0.05, 0) is 78.5 Å². The van der Waals surface area contributed by atoms with Gasteiger partial charge in [0.25, 0.3) is 0 Å². The van der Waals surface area contributed by atoms with E-state index >= 15 is 0 Å². The normalized spacial score (nSPS) is 25.2. The largest absolute Gasteiger partial charge is 0.475 e. The van der Waals surface area contributed by atoms with Gasteiger partial charge >= 0.3 is 6.09 Å². The van der Waals surface area contributed by atoms with E-state index in [1.165, 1.54) is 0 Å². The van der Waals surface area contributed by atoms with Gasteiger partial charge in [-0.2, -0.15) is 10.2 Å². The molecular weight excluding hydrogens is 516 g/mol. The second-order valence-electron chi connectivity index (χ2n) is 13.0. The Bertz CT molecular complexity index is 1220. The van der Waals surface area contributed by atoms with Crippen LogP contribution < -0.4 is 9.64 Å². The van der Waals surface area contributed by atoms with Crippen molar-refractivity contribution >= 4 is 11.9 Å². The van der Waals surface area contributed by atoms with Crippen LogP contribution in [0.3, 0.4) is 0 Å². The molecule has 9 heteroatoms. The summed E-state index contributed by atoms with van der Waals surface area (Å²) < 4.78 is 12.0. The summed E-state index contributed by atoms with van der Waals surface area (Å²) in [4.78, 5) is 26.8. The van der Waals surface area contributed by atoms with Gasteiger partial charge in [0.2, 0.25) is 5.88 Å². The lowest BCUT2D eigenvalue weighted by molar-refractivity contribution is 0.0218. The zero-order chi connectivity index (χ0) is 29.1. The fourth-order valence-corrected chi connectivity index (χ4v) is 6.49. The van der Waals surface area contributed by atoms with Gasteiger partial charge in [-0.3, -0.25) is 4.90 Å².